The molecule has 0 spiro atoms. The normalized spacial score (nSPS) is 11.6. The number of carboxylic acids is 1. The molecule has 0 aromatic heterocycles. The van der Waals surface area contributed by atoms with Gasteiger partial charge in [-0.15, -0.1) is 0 Å². The van der Waals surface area contributed by atoms with Crippen LogP contribution in [0.2, 0.25) is 0 Å². The lowest BCUT2D eigenvalue weighted by atomic mass is 10.0. The van der Waals surface area contributed by atoms with Crippen molar-refractivity contribution in [3.05, 3.63) is 35.4 Å². The maximum absolute atomic E-state index is 12.1. The summed E-state index contributed by atoms with van der Waals surface area (Å²) in [6, 6.07) is 6.86. The van der Waals surface area contributed by atoms with E-state index in [1.54, 1.807) is 0 Å². The molecule has 1 aromatic rings. The summed E-state index contributed by atoms with van der Waals surface area (Å²) < 4.78 is 0. The van der Waals surface area contributed by atoms with Crippen molar-refractivity contribution in [2.75, 3.05) is 0 Å². The van der Waals surface area contributed by atoms with Gasteiger partial charge in [0.15, 0.2) is 5.78 Å². The van der Waals surface area contributed by atoms with E-state index in [1.807, 2.05) is 31.2 Å². The number of carbonyl (C=O) groups excluding carboxylic acids is 3. The Morgan fingerprint density at radius 1 is 1.04 bits per heavy atom. The first-order valence-electron chi connectivity index (χ1n) is 8.15. The molecule has 0 radical (unpaired) electrons. The van der Waals surface area contributed by atoms with Gasteiger partial charge in [0.25, 0.3) is 0 Å². The number of nitrogens with one attached hydrogen (secondary N) is 1. The molecule has 0 aliphatic rings. The average molecular weight is 348 g/mol. The molecule has 1 atom stereocenters. The number of primary amides is 1. The maximum Gasteiger partial charge on any atom is 0.303 e. The fourth-order valence-electron chi connectivity index (χ4n) is 2.28. The highest BCUT2D eigenvalue weighted by atomic mass is 16.4. The Bertz CT molecular complexity index is 625. The van der Waals surface area contributed by atoms with Crippen molar-refractivity contribution in [1.82, 2.24) is 5.32 Å². The molecule has 136 valence electrons. The van der Waals surface area contributed by atoms with Gasteiger partial charge in [-0.3, -0.25) is 19.2 Å². The summed E-state index contributed by atoms with van der Waals surface area (Å²) >= 11 is 0. The van der Waals surface area contributed by atoms with Crippen LogP contribution in [0.15, 0.2) is 24.3 Å². The van der Waals surface area contributed by atoms with Gasteiger partial charge >= 0.3 is 5.97 Å². The van der Waals surface area contributed by atoms with E-state index in [2.05, 4.69) is 5.32 Å². The molecule has 0 bridgehead atoms. The zero-order valence-corrected chi connectivity index (χ0v) is 14.3. The number of carboxylic acid groups (broad SMARTS) is 1. The van der Waals surface area contributed by atoms with Gasteiger partial charge in [0.05, 0.1) is 6.04 Å². The van der Waals surface area contributed by atoms with Crippen molar-refractivity contribution in [1.29, 1.82) is 0 Å². The highest BCUT2D eigenvalue weighted by molar-refractivity contribution is 5.91. The topological polar surface area (TPSA) is 127 Å². The van der Waals surface area contributed by atoms with E-state index in [1.165, 1.54) is 0 Å². The van der Waals surface area contributed by atoms with Crippen LogP contribution < -0.4 is 11.1 Å². The minimum Gasteiger partial charge on any atom is -0.481 e. The summed E-state index contributed by atoms with van der Waals surface area (Å²) in [5.41, 5.74) is 7.14. The number of aryl methyl sites for hydroxylation is 2. The van der Waals surface area contributed by atoms with Crippen molar-refractivity contribution < 1.29 is 24.3 Å². The number of amides is 2. The van der Waals surface area contributed by atoms with Crippen molar-refractivity contribution in [2.24, 2.45) is 5.73 Å². The lowest BCUT2D eigenvalue weighted by Crippen LogP contribution is -2.41. The molecule has 0 heterocycles. The van der Waals surface area contributed by atoms with Crippen LogP contribution in [0.1, 0.15) is 43.2 Å². The fraction of sp³-hybridized carbons (Fsp3) is 0.444. The van der Waals surface area contributed by atoms with Crippen molar-refractivity contribution in [2.45, 2.75) is 51.5 Å². The summed E-state index contributed by atoms with van der Waals surface area (Å²) in [6.45, 7) is 1.97. The third-order valence-electron chi connectivity index (χ3n) is 3.75. The van der Waals surface area contributed by atoms with Crippen molar-refractivity contribution in [3.8, 4) is 0 Å². The highest BCUT2D eigenvalue weighted by Crippen LogP contribution is 2.08. The van der Waals surface area contributed by atoms with E-state index >= 15 is 0 Å². The molecule has 1 rings (SSSR count). The van der Waals surface area contributed by atoms with Crippen LogP contribution in [0.25, 0.3) is 0 Å². The monoisotopic (exact) mass is 348 g/mol. The number of carbonyl (C=O) groups is 4. The Morgan fingerprint density at radius 2 is 1.68 bits per heavy atom. The standard InChI is InChI=1S/C18H24N2O5/c1-12-2-4-13(5-3-12)6-10-17(23)20-14(7-11-18(24)25)15(21)8-9-16(19)22/h2-5,14H,6-11H2,1H3,(H2,19,22)(H,20,23)(H,24,25)/t14-/m0/s1. The lowest BCUT2D eigenvalue weighted by molar-refractivity contribution is -0.138. The van der Waals surface area contributed by atoms with Crippen LogP contribution in [0.4, 0.5) is 0 Å². The predicted octanol–water partition coefficient (Wildman–Crippen LogP) is 1.11. The first-order chi connectivity index (χ1) is 11.8. The molecule has 0 aliphatic carbocycles. The summed E-state index contributed by atoms with van der Waals surface area (Å²) in [4.78, 5) is 45.7. The third-order valence-corrected chi connectivity index (χ3v) is 3.75. The molecule has 0 fully saturated rings. The molecule has 2 amide bonds. The SMILES string of the molecule is Cc1ccc(CCC(=O)N[C@@H](CCC(=O)O)C(=O)CCC(N)=O)cc1. The van der Waals surface area contributed by atoms with Crippen molar-refractivity contribution in [3.63, 3.8) is 0 Å². The fourth-order valence-corrected chi connectivity index (χ4v) is 2.28. The van der Waals surface area contributed by atoms with E-state index < -0.39 is 17.9 Å². The Labute approximate surface area is 146 Å². The van der Waals surface area contributed by atoms with E-state index in [-0.39, 0.29) is 43.8 Å². The van der Waals surface area contributed by atoms with E-state index in [0.29, 0.717) is 6.42 Å². The quantitative estimate of drug-likeness (QED) is 0.552. The van der Waals surface area contributed by atoms with Crippen LogP contribution >= 0.6 is 0 Å². The van der Waals surface area contributed by atoms with Gasteiger partial charge in [-0.2, -0.15) is 0 Å². The molecule has 7 heteroatoms. The molecule has 4 N–H and O–H groups in total. The van der Waals surface area contributed by atoms with Crippen LogP contribution in [0.3, 0.4) is 0 Å². The zero-order chi connectivity index (χ0) is 18.8. The molecular weight excluding hydrogens is 324 g/mol. The summed E-state index contributed by atoms with van der Waals surface area (Å²) in [6.07, 6.45) is 0.219. The second-order valence-electron chi connectivity index (χ2n) is 5.97. The van der Waals surface area contributed by atoms with E-state index in [4.69, 9.17) is 10.8 Å². The molecule has 25 heavy (non-hydrogen) atoms. The van der Waals surface area contributed by atoms with Gasteiger partial charge in [-0.05, 0) is 25.3 Å². The van der Waals surface area contributed by atoms with E-state index in [0.717, 1.165) is 11.1 Å². The highest BCUT2D eigenvalue weighted by Gasteiger charge is 2.21. The summed E-state index contributed by atoms with van der Waals surface area (Å²) in [7, 11) is 0. The molecule has 0 saturated carbocycles. The molecule has 0 saturated heterocycles. The third kappa shape index (κ3) is 8.64. The zero-order valence-electron chi connectivity index (χ0n) is 14.3. The Hall–Kier alpha value is -2.70. The predicted molar refractivity (Wildman–Crippen MR) is 91.7 cm³/mol. The van der Waals surface area contributed by atoms with E-state index in [9.17, 15) is 19.2 Å². The molecular formula is C18H24N2O5. The number of rotatable bonds is 11. The number of nitrogens with two attached hydrogens (primary N) is 1. The smallest absolute Gasteiger partial charge is 0.303 e. The van der Waals surface area contributed by atoms with Crippen LogP contribution in [-0.2, 0) is 25.6 Å². The molecule has 1 aromatic carbocycles. The largest absolute Gasteiger partial charge is 0.481 e. The van der Waals surface area contributed by atoms with Crippen LogP contribution in [0.5, 0.6) is 0 Å². The summed E-state index contributed by atoms with van der Waals surface area (Å²) in [5.74, 6) is -2.38. The molecule has 7 nitrogen and oxygen atoms in total. The van der Waals surface area contributed by atoms with Crippen LogP contribution in [0, 0.1) is 6.92 Å². The number of aliphatic carboxylic acids is 1. The lowest BCUT2D eigenvalue weighted by Gasteiger charge is -2.17. The van der Waals surface area contributed by atoms with Gasteiger partial charge in [-0.1, -0.05) is 29.8 Å². The van der Waals surface area contributed by atoms with Gasteiger partial charge in [0, 0.05) is 25.7 Å². The first-order valence-corrected chi connectivity index (χ1v) is 8.15. The number of hydrogen-bond donors (Lipinski definition) is 3. The Morgan fingerprint density at radius 3 is 2.24 bits per heavy atom. The van der Waals surface area contributed by atoms with Crippen LogP contribution in [-0.4, -0.2) is 34.7 Å². The number of Topliss-reactive ketones (excluding diaryl/α,β-unsaturated/α-hetero) is 1. The number of benzene rings is 1. The maximum atomic E-state index is 12.1. The number of ketones is 1. The Kier molecular flexibility index (Phi) is 8.32. The van der Waals surface area contributed by atoms with Gasteiger partial charge in [-0.25, -0.2) is 0 Å². The van der Waals surface area contributed by atoms with Gasteiger partial charge in [0.1, 0.15) is 0 Å². The van der Waals surface area contributed by atoms with Gasteiger partial charge < -0.3 is 16.2 Å². The average Bonchev–Trinajstić information content (AvgIpc) is 2.55. The van der Waals surface area contributed by atoms with Crippen molar-refractivity contribution >= 4 is 23.6 Å². The number of hydrogen-bond acceptors (Lipinski definition) is 4. The Balaban J connectivity index is 2.56. The minimum atomic E-state index is -1.05. The second kappa shape index (κ2) is 10.2. The molecule has 0 unspecified atom stereocenters. The molecule has 0 aliphatic heterocycles. The first kappa shape index (κ1) is 20.3. The minimum absolute atomic E-state index is 0.0107. The van der Waals surface area contributed by atoms with Gasteiger partial charge in [0.2, 0.25) is 11.8 Å². The summed E-state index contributed by atoms with van der Waals surface area (Å²) in [5, 5.41) is 11.3. The second-order valence-corrected chi connectivity index (χ2v) is 5.97.